The minimum absolute atomic E-state index is 0.0367. The number of allylic oxidation sites excluding steroid dienone is 1. The fourth-order valence-corrected chi connectivity index (χ4v) is 6.06. The first-order valence-corrected chi connectivity index (χ1v) is 11.4. The first-order valence-electron chi connectivity index (χ1n) is 9.78. The molecule has 0 saturated heterocycles. The van der Waals surface area contributed by atoms with Crippen LogP contribution in [-0.4, -0.2) is 48.6 Å². The number of ether oxygens (including phenoxy) is 3. The smallest absolute Gasteiger partial charge is 0.365 e. The molecule has 0 N–H and O–H groups in total. The third kappa shape index (κ3) is 4.29. The fraction of sp³-hybridized carbons (Fsp3) is 0.364. The Hall–Kier alpha value is -2.72. The average Bonchev–Trinajstić information content (AvgIpc) is 3.10. The first kappa shape index (κ1) is 23.9. The summed E-state index contributed by atoms with van der Waals surface area (Å²) in [6.07, 6.45) is 1.80. The SMILES string of the molecule is CCOC(=O)C1=NN(c2cc(C)cc(C)c2)C2(C=C(C)SC(C(=O)OC)=C2C(=O)OC)S1. The molecule has 2 aliphatic heterocycles. The van der Waals surface area contributed by atoms with E-state index in [1.165, 1.54) is 14.2 Å². The highest BCUT2D eigenvalue weighted by Gasteiger charge is 2.55. The van der Waals surface area contributed by atoms with Gasteiger partial charge in [0.15, 0.2) is 4.87 Å². The number of methoxy groups -OCH3 is 2. The second-order valence-corrected chi connectivity index (χ2v) is 9.60. The second kappa shape index (κ2) is 9.41. The topological polar surface area (TPSA) is 94.5 Å². The number of nitrogens with zero attached hydrogens (tertiary/aromatic N) is 2. The van der Waals surface area contributed by atoms with Gasteiger partial charge in [0.05, 0.1) is 26.5 Å². The van der Waals surface area contributed by atoms with E-state index in [4.69, 9.17) is 14.2 Å². The number of hydrogen-bond donors (Lipinski definition) is 0. The van der Waals surface area contributed by atoms with Crippen molar-refractivity contribution in [2.75, 3.05) is 25.8 Å². The molecule has 2 aliphatic rings. The molecule has 0 radical (unpaired) electrons. The van der Waals surface area contributed by atoms with Crippen molar-refractivity contribution >= 4 is 52.2 Å². The molecule has 0 amide bonds. The summed E-state index contributed by atoms with van der Waals surface area (Å²) < 4.78 is 15.2. The quantitative estimate of drug-likeness (QED) is 0.466. The maximum atomic E-state index is 13.0. The minimum Gasteiger partial charge on any atom is -0.466 e. The summed E-state index contributed by atoms with van der Waals surface area (Å²) >= 11 is 2.14. The van der Waals surface area contributed by atoms with Crippen molar-refractivity contribution in [1.82, 2.24) is 0 Å². The summed E-state index contributed by atoms with van der Waals surface area (Å²) in [4.78, 5) is 37.8. The molecule has 10 heteroatoms. The zero-order valence-corrected chi connectivity index (χ0v) is 20.3. The molecule has 0 saturated carbocycles. The van der Waals surface area contributed by atoms with Crippen molar-refractivity contribution in [2.24, 2.45) is 5.10 Å². The first-order chi connectivity index (χ1) is 15.2. The van der Waals surface area contributed by atoms with Crippen LogP contribution in [0.15, 0.2) is 44.8 Å². The average molecular weight is 477 g/mol. The zero-order chi connectivity index (χ0) is 23.6. The van der Waals surface area contributed by atoms with E-state index < -0.39 is 22.8 Å². The molecular weight excluding hydrogens is 452 g/mol. The van der Waals surface area contributed by atoms with E-state index >= 15 is 0 Å². The standard InChI is InChI=1S/C22H24N2O6S2/c1-7-30-21(27)18-23-24(15-9-12(2)8-13(3)10-15)22(32-18)11-14(4)31-17(20(26)29-6)16(22)19(25)28-5/h8-11H,7H2,1-6H3. The number of thioether (sulfide) groups is 2. The van der Waals surface area contributed by atoms with Crippen molar-refractivity contribution in [3.63, 3.8) is 0 Å². The number of rotatable bonds is 5. The highest BCUT2D eigenvalue weighted by molar-refractivity contribution is 8.17. The van der Waals surface area contributed by atoms with Gasteiger partial charge in [0.1, 0.15) is 10.5 Å². The largest absolute Gasteiger partial charge is 0.466 e. The molecule has 170 valence electrons. The van der Waals surface area contributed by atoms with Gasteiger partial charge in [-0.05, 0) is 61.9 Å². The zero-order valence-electron chi connectivity index (χ0n) is 18.7. The lowest BCUT2D eigenvalue weighted by Crippen LogP contribution is -2.45. The van der Waals surface area contributed by atoms with E-state index in [1.54, 1.807) is 18.0 Å². The van der Waals surface area contributed by atoms with Gasteiger partial charge in [-0.3, -0.25) is 0 Å². The Labute approximate surface area is 195 Å². The molecule has 1 unspecified atom stereocenters. The van der Waals surface area contributed by atoms with E-state index in [2.05, 4.69) is 5.10 Å². The normalized spacial score (nSPS) is 20.1. The van der Waals surface area contributed by atoms with Crippen LogP contribution in [0.5, 0.6) is 0 Å². The summed E-state index contributed by atoms with van der Waals surface area (Å²) in [7, 11) is 2.48. The van der Waals surface area contributed by atoms with Gasteiger partial charge in [-0.25, -0.2) is 19.4 Å². The Bertz CT molecular complexity index is 1060. The number of carbonyl (C=O) groups is 3. The Morgan fingerprint density at radius 1 is 1.00 bits per heavy atom. The van der Waals surface area contributed by atoms with Gasteiger partial charge in [0.2, 0.25) is 5.04 Å². The van der Waals surface area contributed by atoms with Gasteiger partial charge in [0, 0.05) is 0 Å². The summed E-state index contributed by atoms with van der Waals surface area (Å²) in [5.74, 6) is -2.01. The van der Waals surface area contributed by atoms with Crippen LogP contribution in [0.4, 0.5) is 5.69 Å². The molecule has 3 rings (SSSR count). The maximum Gasteiger partial charge on any atom is 0.365 e. The fourth-order valence-electron chi connectivity index (χ4n) is 3.55. The predicted molar refractivity (Wildman–Crippen MR) is 125 cm³/mol. The van der Waals surface area contributed by atoms with E-state index in [9.17, 15) is 14.4 Å². The number of esters is 3. The third-order valence-corrected chi connectivity index (χ3v) is 6.93. The van der Waals surface area contributed by atoms with Crippen LogP contribution in [0.1, 0.15) is 25.0 Å². The highest BCUT2D eigenvalue weighted by atomic mass is 32.2. The number of carbonyl (C=O) groups excluding carboxylic acids is 3. The van der Waals surface area contributed by atoms with Gasteiger partial charge < -0.3 is 14.2 Å². The lowest BCUT2D eigenvalue weighted by molar-refractivity contribution is -0.139. The van der Waals surface area contributed by atoms with Gasteiger partial charge in [-0.2, -0.15) is 5.10 Å². The number of hydrazone groups is 1. The Morgan fingerprint density at radius 2 is 1.62 bits per heavy atom. The van der Waals surface area contributed by atoms with E-state index in [1.807, 2.05) is 39.0 Å². The van der Waals surface area contributed by atoms with E-state index in [0.717, 1.165) is 39.6 Å². The molecule has 0 fully saturated rings. The molecular formula is C22H24N2O6S2. The maximum absolute atomic E-state index is 13.0. The number of benzene rings is 1. The molecule has 0 aromatic heterocycles. The van der Waals surface area contributed by atoms with Crippen LogP contribution >= 0.6 is 23.5 Å². The van der Waals surface area contributed by atoms with E-state index in [0.29, 0.717) is 5.69 Å². The Balaban J connectivity index is 2.32. The van der Waals surface area contributed by atoms with Gasteiger partial charge in [0.25, 0.3) is 0 Å². The lowest BCUT2D eigenvalue weighted by Gasteiger charge is -2.38. The van der Waals surface area contributed by atoms with Crippen LogP contribution in [0, 0.1) is 13.8 Å². The molecule has 0 bridgehead atoms. The molecule has 1 aromatic carbocycles. The number of anilines is 1. The molecule has 1 spiro atoms. The second-order valence-electron chi connectivity index (χ2n) is 7.13. The number of hydrogen-bond acceptors (Lipinski definition) is 10. The monoisotopic (exact) mass is 476 g/mol. The Morgan fingerprint density at radius 3 is 2.19 bits per heavy atom. The molecule has 32 heavy (non-hydrogen) atoms. The summed E-state index contributed by atoms with van der Waals surface area (Å²) in [5.41, 5.74) is 2.63. The highest BCUT2D eigenvalue weighted by Crippen LogP contribution is 2.54. The van der Waals surface area contributed by atoms with Gasteiger partial charge in [-0.1, -0.05) is 29.6 Å². The van der Waals surface area contributed by atoms with Gasteiger partial charge >= 0.3 is 17.9 Å². The van der Waals surface area contributed by atoms with Crippen molar-refractivity contribution in [2.45, 2.75) is 32.6 Å². The van der Waals surface area contributed by atoms with Crippen LogP contribution in [0.3, 0.4) is 0 Å². The molecule has 2 heterocycles. The van der Waals surface area contributed by atoms with Crippen molar-refractivity contribution in [3.05, 3.63) is 50.8 Å². The summed E-state index contributed by atoms with van der Waals surface area (Å²) in [6, 6.07) is 5.79. The third-order valence-electron chi connectivity index (χ3n) is 4.67. The Kier molecular flexibility index (Phi) is 7.04. The lowest BCUT2D eigenvalue weighted by atomic mass is 10.0. The molecule has 8 nitrogen and oxygen atoms in total. The van der Waals surface area contributed by atoms with Crippen LogP contribution in [0.25, 0.3) is 0 Å². The molecule has 1 aromatic rings. The van der Waals surface area contributed by atoms with Crippen molar-refractivity contribution < 1.29 is 28.6 Å². The van der Waals surface area contributed by atoms with Crippen LogP contribution in [0.2, 0.25) is 0 Å². The minimum atomic E-state index is -1.34. The van der Waals surface area contributed by atoms with Crippen molar-refractivity contribution in [1.29, 1.82) is 0 Å². The number of aryl methyl sites for hydroxylation is 2. The van der Waals surface area contributed by atoms with Gasteiger partial charge in [-0.15, -0.1) is 0 Å². The molecule has 0 aliphatic carbocycles. The summed E-state index contributed by atoms with van der Waals surface area (Å²) in [6.45, 7) is 7.57. The predicted octanol–water partition coefficient (Wildman–Crippen LogP) is 3.68. The summed E-state index contributed by atoms with van der Waals surface area (Å²) in [5, 5.41) is 6.18. The van der Waals surface area contributed by atoms with E-state index in [-0.39, 0.29) is 22.1 Å². The molecule has 1 atom stereocenters. The van der Waals surface area contributed by atoms with Crippen LogP contribution in [-0.2, 0) is 28.6 Å². The van der Waals surface area contributed by atoms with Crippen molar-refractivity contribution in [3.8, 4) is 0 Å². The van der Waals surface area contributed by atoms with Crippen LogP contribution < -0.4 is 5.01 Å².